The monoisotopic (exact) mass is 205 g/mol. The number of ether oxygens (including phenoxy) is 1. The van der Waals surface area contributed by atoms with Gasteiger partial charge in [-0.15, -0.1) is 0 Å². The Labute approximate surface area is 86.5 Å². The molecule has 0 fully saturated rings. The van der Waals surface area contributed by atoms with Crippen molar-refractivity contribution in [2.45, 2.75) is 13.3 Å². The number of methoxy groups -OCH3 is 1. The van der Waals surface area contributed by atoms with Gasteiger partial charge in [0.1, 0.15) is 5.82 Å². The number of imidazole rings is 1. The molecule has 0 unspecified atom stereocenters. The summed E-state index contributed by atoms with van der Waals surface area (Å²) in [6.07, 6.45) is 2.41. The van der Waals surface area contributed by atoms with Crippen LogP contribution in [0, 0.1) is 0 Å². The van der Waals surface area contributed by atoms with Crippen LogP contribution in [0.1, 0.15) is 23.2 Å². The summed E-state index contributed by atoms with van der Waals surface area (Å²) in [6.45, 7) is 2.01. The minimum atomic E-state index is -0.446. The molecule has 1 N–H and O–H groups in total. The fraction of sp³-hybridized carbons (Fsp3) is 0.300. The molecule has 2 rings (SSSR count). The Morgan fingerprint density at radius 3 is 3.07 bits per heavy atom. The zero-order valence-corrected chi connectivity index (χ0v) is 8.57. The number of esters is 1. The van der Waals surface area contributed by atoms with Crippen molar-refractivity contribution in [3.8, 4) is 0 Å². The lowest BCUT2D eigenvalue weighted by atomic mass is 10.3. The third-order valence-corrected chi connectivity index (χ3v) is 2.15. The Kier molecular flexibility index (Phi) is 2.37. The molecule has 0 aliphatic heterocycles. The van der Waals surface area contributed by atoms with E-state index in [9.17, 15) is 4.79 Å². The van der Waals surface area contributed by atoms with E-state index in [0.717, 1.165) is 23.3 Å². The van der Waals surface area contributed by atoms with Gasteiger partial charge in [0.05, 0.1) is 24.3 Å². The number of nitrogens with zero attached hydrogens (tertiary/aromatic N) is 2. The van der Waals surface area contributed by atoms with Gasteiger partial charge in [-0.05, 0) is 6.07 Å². The lowest BCUT2D eigenvalue weighted by Crippen LogP contribution is -2.03. The van der Waals surface area contributed by atoms with E-state index in [1.165, 1.54) is 7.11 Å². The Morgan fingerprint density at radius 2 is 2.40 bits per heavy atom. The second kappa shape index (κ2) is 3.68. The second-order valence-corrected chi connectivity index (χ2v) is 3.12. The highest BCUT2D eigenvalue weighted by molar-refractivity contribution is 5.90. The van der Waals surface area contributed by atoms with Gasteiger partial charge in [-0.1, -0.05) is 6.92 Å². The van der Waals surface area contributed by atoms with Crippen molar-refractivity contribution in [3.63, 3.8) is 0 Å². The van der Waals surface area contributed by atoms with Crippen LogP contribution in [0.2, 0.25) is 0 Å². The molecule has 2 heterocycles. The van der Waals surface area contributed by atoms with E-state index < -0.39 is 5.97 Å². The van der Waals surface area contributed by atoms with Crippen molar-refractivity contribution < 1.29 is 9.53 Å². The van der Waals surface area contributed by atoms with Crippen LogP contribution in [0.5, 0.6) is 0 Å². The van der Waals surface area contributed by atoms with E-state index in [0.29, 0.717) is 0 Å². The standard InChI is InChI=1S/C10H11N3O2/c1-3-9-12-6-4-7(10(14)15-2)11-5-8(6)13-9/h4-5H,3H2,1-2H3,(H,12,13). The van der Waals surface area contributed by atoms with Crippen LogP contribution in [0.3, 0.4) is 0 Å². The highest BCUT2D eigenvalue weighted by Gasteiger charge is 2.09. The lowest BCUT2D eigenvalue weighted by molar-refractivity contribution is 0.0594. The highest BCUT2D eigenvalue weighted by Crippen LogP contribution is 2.12. The summed E-state index contributed by atoms with van der Waals surface area (Å²) in [4.78, 5) is 22.6. The van der Waals surface area contributed by atoms with E-state index >= 15 is 0 Å². The summed E-state index contributed by atoms with van der Waals surface area (Å²) in [6, 6.07) is 1.62. The average Bonchev–Trinajstić information content (AvgIpc) is 2.69. The zero-order valence-electron chi connectivity index (χ0n) is 8.57. The Hall–Kier alpha value is -1.91. The number of aryl methyl sites for hydroxylation is 1. The molecule has 5 nitrogen and oxygen atoms in total. The fourth-order valence-corrected chi connectivity index (χ4v) is 1.35. The van der Waals surface area contributed by atoms with Gasteiger partial charge in [-0.3, -0.25) is 0 Å². The molecule has 0 spiro atoms. The van der Waals surface area contributed by atoms with Gasteiger partial charge in [-0.2, -0.15) is 0 Å². The van der Waals surface area contributed by atoms with Crippen LogP contribution >= 0.6 is 0 Å². The number of rotatable bonds is 2. The molecular formula is C10H11N3O2. The summed E-state index contributed by atoms with van der Waals surface area (Å²) in [5, 5.41) is 0. The summed E-state index contributed by atoms with van der Waals surface area (Å²) < 4.78 is 4.58. The molecule has 15 heavy (non-hydrogen) atoms. The Balaban J connectivity index is 2.50. The minimum Gasteiger partial charge on any atom is -0.464 e. The third-order valence-electron chi connectivity index (χ3n) is 2.15. The van der Waals surface area contributed by atoms with Crippen LogP contribution in [-0.2, 0) is 11.2 Å². The molecule has 78 valence electrons. The number of fused-ring (bicyclic) bond motifs is 1. The smallest absolute Gasteiger partial charge is 0.356 e. The van der Waals surface area contributed by atoms with Gasteiger partial charge in [0.25, 0.3) is 0 Å². The van der Waals surface area contributed by atoms with Crippen molar-refractivity contribution in [3.05, 3.63) is 23.8 Å². The Bertz CT molecular complexity index is 504. The second-order valence-electron chi connectivity index (χ2n) is 3.12. The maximum atomic E-state index is 11.2. The highest BCUT2D eigenvalue weighted by atomic mass is 16.5. The first kappa shape index (κ1) is 9.64. The number of hydrogen-bond donors (Lipinski definition) is 1. The number of carbonyl (C=O) groups excluding carboxylic acids is 1. The first-order valence-electron chi connectivity index (χ1n) is 4.67. The molecule has 0 aromatic carbocycles. The topological polar surface area (TPSA) is 67.9 Å². The number of pyridine rings is 1. The van der Waals surface area contributed by atoms with Crippen molar-refractivity contribution in [2.75, 3.05) is 7.11 Å². The van der Waals surface area contributed by atoms with Crippen LogP contribution in [0.25, 0.3) is 11.0 Å². The number of H-pyrrole nitrogens is 1. The Morgan fingerprint density at radius 1 is 1.60 bits per heavy atom. The van der Waals surface area contributed by atoms with Gasteiger partial charge in [-0.25, -0.2) is 14.8 Å². The summed E-state index contributed by atoms with van der Waals surface area (Å²) in [7, 11) is 1.33. The van der Waals surface area contributed by atoms with Gasteiger partial charge in [0.2, 0.25) is 0 Å². The van der Waals surface area contributed by atoms with E-state index in [1.54, 1.807) is 12.3 Å². The number of aromatic nitrogens is 3. The van der Waals surface area contributed by atoms with Crippen molar-refractivity contribution in [2.24, 2.45) is 0 Å². The zero-order chi connectivity index (χ0) is 10.8. The third kappa shape index (κ3) is 1.68. The van der Waals surface area contributed by atoms with E-state index in [2.05, 4.69) is 19.7 Å². The largest absolute Gasteiger partial charge is 0.464 e. The van der Waals surface area contributed by atoms with E-state index in [1.807, 2.05) is 6.92 Å². The van der Waals surface area contributed by atoms with E-state index in [4.69, 9.17) is 0 Å². The molecule has 5 heteroatoms. The van der Waals surface area contributed by atoms with E-state index in [-0.39, 0.29) is 5.69 Å². The number of hydrogen-bond acceptors (Lipinski definition) is 4. The van der Waals surface area contributed by atoms with Crippen LogP contribution in [0.4, 0.5) is 0 Å². The fourth-order valence-electron chi connectivity index (χ4n) is 1.35. The lowest BCUT2D eigenvalue weighted by Gasteiger charge is -1.96. The molecule has 0 radical (unpaired) electrons. The average molecular weight is 205 g/mol. The first-order chi connectivity index (χ1) is 7.24. The van der Waals surface area contributed by atoms with Gasteiger partial charge >= 0.3 is 5.97 Å². The van der Waals surface area contributed by atoms with Gasteiger partial charge < -0.3 is 9.72 Å². The summed E-state index contributed by atoms with van der Waals surface area (Å²) in [5.74, 6) is 0.437. The molecule has 0 aliphatic rings. The molecular weight excluding hydrogens is 194 g/mol. The van der Waals surface area contributed by atoms with Crippen LogP contribution in [-0.4, -0.2) is 28.0 Å². The van der Waals surface area contributed by atoms with Crippen molar-refractivity contribution in [1.82, 2.24) is 15.0 Å². The van der Waals surface area contributed by atoms with Gasteiger partial charge in [0, 0.05) is 6.42 Å². The van der Waals surface area contributed by atoms with Crippen LogP contribution < -0.4 is 0 Å². The quantitative estimate of drug-likeness (QED) is 0.750. The maximum Gasteiger partial charge on any atom is 0.356 e. The summed E-state index contributed by atoms with van der Waals surface area (Å²) in [5.41, 5.74) is 1.85. The SMILES string of the molecule is CCc1nc2cc(C(=O)OC)ncc2[nH]1. The number of carbonyl (C=O) groups is 1. The molecule has 2 aromatic rings. The van der Waals surface area contributed by atoms with Crippen molar-refractivity contribution in [1.29, 1.82) is 0 Å². The molecule has 0 saturated carbocycles. The number of aromatic amines is 1. The predicted octanol–water partition coefficient (Wildman–Crippen LogP) is 1.31. The molecule has 0 bridgehead atoms. The molecule has 0 atom stereocenters. The van der Waals surface area contributed by atoms with Gasteiger partial charge in [0.15, 0.2) is 5.69 Å². The molecule has 0 amide bonds. The molecule has 0 saturated heterocycles. The normalized spacial score (nSPS) is 10.5. The van der Waals surface area contributed by atoms with Crippen LogP contribution in [0.15, 0.2) is 12.3 Å². The minimum absolute atomic E-state index is 0.277. The first-order valence-corrected chi connectivity index (χ1v) is 4.67. The number of nitrogens with one attached hydrogen (secondary N) is 1. The molecule has 2 aromatic heterocycles. The van der Waals surface area contributed by atoms with Crippen molar-refractivity contribution >= 4 is 17.0 Å². The maximum absolute atomic E-state index is 11.2. The summed E-state index contributed by atoms with van der Waals surface area (Å²) >= 11 is 0. The predicted molar refractivity (Wildman–Crippen MR) is 54.6 cm³/mol. The molecule has 0 aliphatic carbocycles.